The molecule has 1 N–H and O–H groups in total. The lowest BCUT2D eigenvalue weighted by Gasteiger charge is -2.33. The van der Waals surface area contributed by atoms with Gasteiger partial charge in [0.2, 0.25) is 11.8 Å². The molecule has 0 bridgehead atoms. The van der Waals surface area contributed by atoms with Crippen molar-refractivity contribution in [3.8, 4) is 5.75 Å². The summed E-state index contributed by atoms with van der Waals surface area (Å²) >= 11 is 0. The Hall–Kier alpha value is -2.86. The average molecular weight is 436 g/mol. The van der Waals surface area contributed by atoms with Gasteiger partial charge < -0.3 is 15.0 Å². The minimum atomic E-state index is -0.317. The van der Waals surface area contributed by atoms with Gasteiger partial charge in [0.05, 0.1) is 18.2 Å². The number of nitrogens with zero attached hydrogens (tertiary/aromatic N) is 2. The number of para-hydroxylation sites is 2. The number of aryl methyl sites for hydroxylation is 1. The van der Waals surface area contributed by atoms with Gasteiger partial charge in [0.25, 0.3) is 0 Å². The molecular formula is C26H33N3O3. The molecule has 2 saturated heterocycles. The van der Waals surface area contributed by atoms with Crippen molar-refractivity contribution in [1.82, 2.24) is 10.2 Å². The minimum absolute atomic E-state index is 0.00752. The topological polar surface area (TPSA) is 61.9 Å². The highest BCUT2D eigenvalue weighted by molar-refractivity contribution is 6.01. The van der Waals surface area contributed by atoms with E-state index in [1.165, 1.54) is 11.1 Å². The van der Waals surface area contributed by atoms with Gasteiger partial charge >= 0.3 is 0 Å². The Labute approximate surface area is 190 Å². The highest BCUT2D eigenvalue weighted by Gasteiger charge is 2.37. The number of carbonyl (C=O) groups excluding carboxylic acids is 2. The molecule has 0 saturated carbocycles. The van der Waals surface area contributed by atoms with Crippen LogP contribution in [0.25, 0.3) is 0 Å². The van der Waals surface area contributed by atoms with Gasteiger partial charge in [-0.25, -0.2) is 0 Å². The molecule has 0 spiro atoms. The molecule has 2 heterocycles. The van der Waals surface area contributed by atoms with Crippen LogP contribution in [0.15, 0.2) is 48.5 Å². The summed E-state index contributed by atoms with van der Waals surface area (Å²) in [5.74, 6) is 0.338. The number of piperidine rings is 1. The van der Waals surface area contributed by atoms with Gasteiger partial charge in [-0.05, 0) is 44.4 Å². The standard InChI is InChI=1S/C26H33N3O3/c1-3-32-24-10-5-4-9-23(24)29-18-21(16-25(29)30)26(31)27-22-11-13-28(14-12-22)17-20-8-6-7-19(2)15-20/h4-10,15,21-22H,3,11-14,16-18H2,1-2H3,(H,27,31). The Bertz CT molecular complexity index is 953. The van der Waals surface area contributed by atoms with Crippen LogP contribution in [0.1, 0.15) is 37.3 Å². The normalized spacial score (nSPS) is 19.9. The zero-order chi connectivity index (χ0) is 22.5. The summed E-state index contributed by atoms with van der Waals surface area (Å²) < 4.78 is 5.67. The summed E-state index contributed by atoms with van der Waals surface area (Å²) in [6, 6.07) is 16.3. The molecule has 1 atom stereocenters. The molecule has 2 aromatic carbocycles. The molecule has 0 aromatic heterocycles. The first-order valence-corrected chi connectivity index (χ1v) is 11.6. The zero-order valence-corrected chi connectivity index (χ0v) is 19.0. The Morgan fingerprint density at radius 2 is 1.91 bits per heavy atom. The Balaban J connectivity index is 1.28. The SMILES string of the molecule is CCOc1ccccc1N1CC(C(=O)NC2CCN(Cc3cccc(C)c3)CC2)CC1=O. The predicted octanol–water partition coefficient (Wildman–Crippen LogP) is 3.53. The van der Waals surface area contributed by atoms with E-state index < -0.39 is 0 Å². The van der Waals surface area contributed by atoms with Crippen molar-refractivity contribution in [3.05, 3.63) is 59.7 Å². The van der Waals surface area contributed by atoms with Crippen LogP contribution in [0.2, 0.25) is 0 Å². The second kappa shape index (κ2) is 10.2. The largest absolute Gasteiger partial charge is 0.492 e. The first kappa shape index (κ1) is 22.3. The van der Waals surface area contributed by atoms with Gasteiger partial charge in [0, 0.05) is 38.6 Å². The van der Waals surface area contributed by atoms with E-state index in [4.69, 9.17) is 4.74 Å². The average Bonchev–Trinajstić information content (AvgIpc) is 3.17. The quantitative estimate of drug-likeness (QED) is 0.723. The molecule has 2 aliphatic rings. The number of benzene rings is 2. The monoisotopic (exact) mass is 435 g/mol. The predicted molar refractivity (Wildman–Crippen MR) is 126 cm³/mol. The number of rotatable bonds is 7. The van der Waals surface area contributed by atoms with Crippen molar-refractivity contribution in [2.45, 2.75) is 45.7 Å². The molecule has 2 amide bonds. The van der Waals surface area contributed by atoms with E-state index in [9.17, 15) is 9.59 Å². The van der Waals surface area contributed by atoms with Crippen LogP contribution in [0.4, 0.5) is 5.69 Å². The van der Waals surface area contributed by atoms with Crippen molar-refractivity contribution in [2.24, 2.45) is 5.92 Å². The number of hydrogen-bond acceptors (Lipinski definition) is 4. The van der Waals surface area contributed by atoms with E-state index in [0.717, 1.165) is 38.2 Å². The molecule has 2 fully saturated rings. The van der Waals surface area contributed by atoms with E-state index in [1.807, 2.05) is 31.2 Å². The van der Waals surface area contributed by atoms with Gasteiger partial charge in [0.1, 0.15) is 5.75 Å². The number of anilines is 1. The van der Waals surface area contributed by atoms with Crippen LogP contribution < -0.4 is 15.0 Å². The molecule has 6 heteroatoms. The molecule has 32 heavy (non-hydrogen) atoms. The number of hydrogen-bond donors (Lipinski definition) is 1. The molecule has 0 radical (unpaired) electrons. The van der Waals surface area contributed by atoms with Crippen molar-refractivity contribution >= 4 is 17.5 Å². The first-order chi connectivity index (χ1) is 15.5. The second-order valence-electron chi connectivity index (χ2n) is 8.85. The third kappa shape index (κ3) is 5.30. The Morgan fingerprint density at radius 3 is 2.66 bits per heavy atom. The molecule has 1 unspecified atom stereocenters. The molecule has 6 nitrogen and oxygen atoms in total. The fraction of sp³-hybridized carbons (Fsp3) is 0.462. The summed E-state index contributed by atoms with van der Waals surface area (Å²) in [5.41, 5.74) is 3.37. The number of amides is 2. The van der Waals surface area contributed by atoms with E-state index in [-0.39, 0.29) is 30.2 Å². The van der Waals surface area contributed by atoms with Crippen molar-refractivity contribution in [3.63, 3.8) is 0 Å². The lowest BCUT2D eigenvalue weighted by Crippen LogP contribution is -2.46. The van der Waals surface area contributed by atoms with E-state index in [1.54, 1.807) is 4.90 Å². The van der Waals surface area contributed by atoms with Gasteiger partial charge in [-0.2, -0.15) is 0 Å². The smallest absolute Gasteiger partial charge is 0.227 e. The van der Waals surface area contributed by atoms with Crippen LogP contribution in [-0.2, 0) is 16.1 Å². The van der Waals surface area contributed by atoms with Gasteiger partial charge in [-0.1, -0.05) is 42.0 Å². The number of ether oxygens (including phenoxy) is 1. The van der Waals surface area contributed by atoms with E-state index in [2.05, 4.69) is 41.4 Å². The van der Waals surface area contributed by atoms with E-state index in [0.29, 0.717) is 18.9 Å². The van der Waals surface area contributed by atoms with Gasteiger partial charge in [-0.15, -0.1) is 0 Å². The third-order valence-corrected chi connectivity index (χ3v) is 6.37. The van der Waals surface area contributed by atoms with Crippen LogP contribution in [-0.4, -0.2) is 49.0 Å². The number of nitrogens with one attached hydrogen (secondary N) is 1. The highest BCUT2D eigenvalue weighted by Crippen LogP contribution is 2.33. The number of carbonyl (C=O) groups is 2. The zero-order valence-electron chi connectivity index (χ0n) is 19.0. The molecular weight excluding hydrogens is 402 g/mol. The van der Waals surface area contributed by atoms with Crippen LogP contribution in [0, 0.1) is 12.8 Å². The summed E-state index contributed by atoms with van der Waals surface area (Å²) in [4.78, 5) is 29.7. The van der Waals surface area contributed by atoms with Crippen molar-refractivity contribution in [1.29, 1.82) is 0 Å². The minimum Gasteiger partial charge on any atom is -0.492 e. The maximum absolute atomic E-state index is 12.9. The summed E-state index contributed by atoms with van der Waals surface area (Å²) in [7, 11) is 0. The fourth-order valence-electron chi connectivity index (χ4n) is 4.70. The summed E-state index contributed by atoms with van der Waals surface area (Å²) in [5, 5.41) is 3.21. The van der Waals surface area contributed by atoms with Gasteiger partial charge in [-0.3, -0.25) is 14.5 Å². The van der Waals surface area contributed by atoms with Crippen LogP contribution >= 0.6 is 0 Å². The third-order valence-electron chi connectivity index (χ3n) is 6.37. The van der Waals surface area contributed by atoms with E-state index >= 15 is 0 Å². The molecule has 4 rings (SSSR count). The maximum atomic E-state index is 12.9. The van der Waals surface area contributed by atoms with Crippen molar-refractivity contribution in [2.75, 3.05) is 31.1 Å². The Kier molecular flexibility index (Phi) is 7.10. The molecule has 2 aliphatic heterocycles. The Morgan fingerprint density at radius 1 is 1.12 bits per heavy atom. The first-order valence-electron chi connectivity index (χ1n) is 11.6. The van der Waals surface area contributed by atoms with Crippen molar-refractivity contribution < 1.29 is 14.3 Å². The second-order valence-corrected chi connectivity index (χ2v) is 8.85. The maximum Gasteiger partial charge on any atom is 0.227 e. The summed E-state index contributed by atoms with van der Waals surface area (Å²) in [6.45, 7) is 7.87. The lowest BCUT2D eigenvalue weighted by molar-refractivity contribution is -0.127. The molecule has 2 aromatic rings. The molecule has 170 valence electrons. The van der Waals surface area contributed by atoms with Crippen LogP contribution in [0.5, 0.6) is 5.75 Å². The number of likely N-dealkylation sites (tertiary alicyclic amines) is 1. The molecule has 0 aliphatic carbocycles. The fourth-order valence-corrected chi connectivity index (χ4v) is 4.70. The highest BCUT2D eigenvalue weighted by atomic mass is 16.5. The summed E-state index contributed by atoms with van der Waals surface area (Å²) in [6.07, 6.45) is 2.13. The van der Waals surface area contributed by atoms with Gasteiger partial charge in [0.15, 0.2) is 0 Å². The lowest BCUT2D eigenvalue weighted by atomic mass is 10.0. The van der Waals surface area contributed by atoms with Crippen LogP contribution in [0.3, 0.4) is 0 Å².